The molecule has 1 aliphatic heterocycles. The van der Waals surface area contributed by atoms with Crippen molar-refractivity contribution in [3.8, 4) is 5.75 Å². The number of ether oxygens (including phenoxy) is 2. The first-order valence-electron chi connectivity index (χ1n) is 10.6. The minimum Gasteiger partial charge on any atom is -0.484 e. The Hall–Kier alpha value is -2.77. The van der Waals surface area contributed by atoms with Crippen LogP contribution in [-0.2, 0) is 20.9 Å². The Labute approximate surface area is 179 Å². The Morgan fingerprint density at radius 2 is 1.97 bits per heavy atom. The lowest BCUT2D eigenvalue weighted by Crippen LogP contribution is -2.46. The number of carbonyl (C=O) groups excluding carboxylic acids is 2. The van der Waals surface area contributed by atoms with Crippen molar-refractivity contribution >= 4 is 17.8 Å². The lowest BCUT2D eigenvalue weighted by atomic mass is 9.97. The predicted molar refractivity (Wildman–Crippen MR) is 116 cm³/mol. The maximum atomic E-state index is 12.0. The number of nitrogens with one attached hydrogen (secondary N) is 1. The maximum Gasteiger partial charge on any atom is 0.309 e. The summed E-state index contributed by atoms with van der Waals surface area (Å²) in [5.41, 5.74) is 1.00. The quantitative estimate of drug-likeness (QED) is 0.394. The van der Waals surface area contributed by atoms with Crippen LogP contribution < -0.4 is 10.1 Å². The molecule has 0 spiro atoms. The van der Waals surface area contributed by atoms with Gasteiger partial charge < -0.3 is 24.6 Å². The lowest BCUT2D eigenvalue weighted by molar-refractivity contribution is -0.149. The molecule has 0 aliphatic carbocycles. The number of hydrogen-bond donors (Lipinski definition) is 1. The first-order chi connectivity index (χ1) is 14.4. The number of carbonyl (C=O) groups is 2. The Kier molecular flexibility index (Phi) is 9.44. The molecule has 30 heavy (non-hydrogen) atoms. The largest absolute Gasteiger partial charge is 0.484 e. The summed E-state index contributed by atoms with van der Waals surface area (Å²) in [6.07, 6.45) is 1.54. The first-order valence-corrected chi connectivity index (χ1v) is 10.6. The molecule has 0 radical (unpaired) electrons. The molecule has 2 rings (SSSR count). The minimum absolute atomic E-state index is 0.0117. The zero-order chi connectivity index (χ0) is 21.9. The van der Waals surface area contributed by atoms with Crippen LogP contribution in [0.1, 0.15) is 32.3 Å². The third-order valence-electron chi connectivity index (χ3n) is 4.92. The number of benzene rings is 1. The standard InChI is InChI=1S/C22H34N4O4/c1-5-23-22(26-12-10-18(11-13-26)21(28)29-6-2)24-15-17-8-7-9-19(14-17)30-16-20(27)25(3)4/h7-9,14,18H,5-6,10-13,15-16H2,1-4H3,(H,23,24). The molecule has 0 bridgehead atoms. The van der Waals surface area contributed by atoms with Crippen LogP contribution in [0.25, 0.3) is 0 Å². The zero-order valence-electron chi connectivity index (χ0n) is 18.5. The van der Waals surface area contributed by atoms with E-state index in [2.05, 4.69) is 10.2 Å². The number of aliphatic imine (C=N–C) groups is 1. The van der Waals surface area contributed by atoms with Crippen molar-refractivity contribution in [2.75, 3.05) is 46.9 Å². The van der Waals surface area contributed by atoms with E-state index in [0.29, 0.717) is 18.9 Å². The molecule has 166 valence electrons. The van der Waals surface area contributed by atoms with E-state index in [9.17, 15) is 9.59 Å². The van der Waals surface area contributed by atoms with Crippen LogP contribution in [-0.4, -0.2) is 74.6 Å². The molecule has 1 saturated heterocycles. The van der Waals surface area contributed by atoms with Gasteiger partial charge in [-0.25, -0.2) is 4.99 Å². The molecule has 1 N–H and O–H groups in total. The normalized spacial score (nSPS) is 14.9. The van der Waals surface area contributed by atoms with Crippen LogP contribution in [0.2, 0.25) is 0 Å². The van der Waals surface area contributed by atoms with Gasteiger partial charge in [0.1, 0.15) is 5.75 Å². The van der Waals surface area contributed by atoms with Crippen LogP contribution >= 0.6 is 0 Å². The summed E-state index contributed by atoms with van der Waals surface area (Å²) in [4.78, 5) is 32.1. The minimum atomic E-state index is -0.0938. The third-order valence-corrected chi connectivity index (χ3v) is 4.92. The number of rotatable bonds is 8. The van der Waals surface area contributed by atoms with Gasteiger partial charge in [0.25, 0.3) is 5.91 Å². The van der Waals surface area contributed by atoms with E-state index < -0.39 is 0 Å². The first kappa shape index (κ1) is 23.5. The van der Waals surface area contributed by atoms with Crippen molar-refractivity contribution in [2.24, 2.45) is 10.9 Å². The summed E-state index contributed by atoms with van der Waals surface area (Å²) < 4.78 is 10.7. The molecule has 1 amide bonds. The van der Waals surface area contributed by atoms with Gasteiger partial charge in [0.2, 0.25) is 0 Å². The van der Waals surface area contributed by atoms with Crippen molar-refractivity contribution in [1.82, 2.24) is 15.1 Å². The second-order valence-corrected chi connectivity index (χ2v) is 7.41. The van der Waals surface area contributed by atoms with E-state index in [-0.39, 0.29) is 24.4 Å². The van der Waals surface area contributed by atoms with E-state index in [1.54, 1.807) is 14.1 Å². The van der Waals surface area contributed by atoms with Gasteiger partial charge in [-0.05, 0) is 44.4 Å². The molecule has 0 saturated carbocycles. The number of piperidine rings is 1. The zero-order valence-corrected chi connectivity index (χ0v) is 18.5. The number of nitrogens with zero attached hydrogens (tertiary/aromatic N) is 3. The smallest absolute Gasteiger partial charge is 0.309 e. The SMILES string of the molecule is CCNC(=NCc1cccc(OCC(=O)N(C)C)c1)N1CCC(C(=O)OCC)CC1. The summed E-state index contributed by atoms with van der Waals surface area (Å²) >= 11 is 0. The molecule has 0 aromatic heterocycles. The van der Waals surface area contributed by atoms with E-state index in [0.717, 1.165) is 44.0 Å². The molecule has 1 aromatic rings. The van der Waals surface area contributed by atoms with Gasteiger partial charge in [0.15, 0.2) is 12.6 Å². The van der Waals surface area contributed by atoms with Crippen LogP contribution in [0.3, 0.4) is 0 Å². The summed E-state index contributed by atoms with van der Waals surface area (Å²) in [5.74, 6) is 1.29. The molecule has 8 nitrogen and oxygen atoms in total. The molecular formula is C22H34N4O4. The van der Waals surface area contributed by atoms with Crippen molar-refractivity contribution in [1.29, 1.82) is 0 Å². The van der Waals surface area contributed by atoms with E-state index in [4.69, 9.17) is 14.5 Å². The molecule has 1 heterocycles. The van der Waals surface area contributed by atoms with Crippen molar-refractivity contribution in [2.45, 2.75) is 33.2 Å². The Balaban J connectivity index is 1.95. The number of likely N-dealkylation sites (tertiary alicyclic amines) is 1. The molecule has 1 aliphatic rings. The molecule has 8 heteroatoms. The molecule has 0 atom stereocenters. The highest BCUT2D eigenvalue weighted by molar-refractivity contribution is 5.80. The third kappa shape index (κ3) is 7.24. The van der Waals surface area contributed by atoms with Crippen LogP contribution in [0.15, 0.2) is 29.3 Å². The van der Waals surface area contributed by atoms with Gasteiger partial charge in [0, 0.05) is 33.7 Å². The fourth-order valence-electron chi connectivity index (χ4n) is 3.19. The topological polar surface area (TPSA) is 83.5 Å². The van der Waals surface area contributed by atoms with Crippen LogP contribution in [0.5, 0.6) is 5.75 Å². The highest BCUT2D eigenvalue weighted by Gasteiger charge is 2.27. The van der Waals surface area contributed by atoms with Crippen molar-refractivity contribution in [3.05, 3.63) is 29.8 Å². The van der Waals surface area contributed by atoms with E-state index >= 15 is 0 Å². The summed E-state index contributed by atoms with van der Waals surface area (Å²) in [6, 6.07) is 7.63. The second kappa shape index (κ2) is 12.0. The Bertz CT molecular complexity index is 728. The Morgan fingerprint density at radius 1 is 1.23 bits per heavy atom. The summed E-state index contributed by atoms with van der Waals surface area (Å²) in [6.45, 7) is 7.12. The van der Waals surface area contributed by atoms with E-state index in [1.807, 2.05) is 38.1 Å². The van der Waals surface area contributed by atoms with Crippen molar-refractivity contribution < 1.29 is 19.1 Å². The fourth-order valence-corrected chi connectivity index (χ4v) is 3.19. The number of amides is 1. The highest BCUT2D eigenvalue weighted by atomic mass is 16.5. The van der Waals surface area contributed by atoms with Crippen LogP contribution in [0, 0.1) is 5.92 Å². The summed E-state index contributed by atoms with van der Waals surface area (Å²) in [5, 5.41) is 3.34. The highest BCUT2D eigenvalue weighted by Crippen LogP contribution is 2.19. The molecular weight excluding hydrogens is 384 g/mol. The van der Waals surface area contributed by atoms with Gasteiger partial charge >= 0.3 is 5.97 Å². The van der Waals surface area contributed by atoms with Gasteiger partial charge in [0.05, 0.1) is 19.1 Å². The Morgan fingerprint density at radius 3 is 2.60 bits per heavy atom. The van der Waals surface area contributed by atoms with Crippen molar-refractivity contribution in [3.63, 3.8) is 0 Å². The number of esters is 1. The van der Waals surface area contributed by atoms with E-state index in [1.165, 1.54) is 4.90 Å². The average molecular weight is 419 g/mol. The van der Waals surface area contributed by atoms with Gasteiger partial charge in [-0.3, -0.25) is 9.59 Å². The number of hydrogen-bond acceptors (Lipinski definition) is 5. The number of guanidine groups is 1. The molecule has 1 fully saturated rings. The monoisotopic (exact) mass is 418 g/mol. The molecule has 1 aromatic carbocycles. The van der Waals surface area contributed by atoms with Gasteiger partial charge in [-0.1, -0.05) is 12.1 Å². The summed E-state index contributed by atoms with van der Waals surface area (Å²) in [7, 11) is 3.41. The predicted octanol–water partition coefficient (Wildman–Crippen LogP) is 1.89. The van der Waals surface area contributed by atoms with Gasteiger partial charge in [-0.2, -0.15) is 0 Å². The van der Waals surface area contributed by atoms with Gasteiger partial charge in [-0.15, -0.1) is 0 Å². The fraction of sp³-hybridized carbons (Fsp3) is 0.591. The second-order valence-electron chi connectivity index (χ2n) is 7.41. The van der Waals surface area contributed by atoms with Crippen LogP contribution in [0.4, 0.5) is 0 Å². The average Bonchev–Trinajstić information content (AvgIpc) is 2.75. The molecule has 0 unspecified atom stereocenters. The lowest BCUT2D eigenvalue weighted by Gasteiger charge is -2.33. The maximum absolute atomic E-state index is 12.0. The number of likely N-dealkylation sites (N-methyl/N-ethyl adjacent to an activating group) is 1.